The molecule has 21 heavy (non-hydrogen) atoms. The molecule has 2 heterocycles. The Morgan fingerprint density at radius 1 is 1.33 bits per heavy atom. The minimum Gasteiger partial charge on any atom is -0.369 e. The first-order valence-electron chi connectivity index (χ1n) is 7.64. The monoisotopic (exact) mass is 305 g/mol. The average Bonchev–Trinajstić information content (AvgIpc) is 2.49. The lowest BCUT2D eigenvalue weighted by Gasteiger charge is -2.35. The number of amides is 1. The summed E-state index contributed by atoms with van der Waals surface area (Å²) in [7, 11) is 0. The van der Waals surface area contributed by atoms with Gasteiger partial charge in [0.25, 0.3) is 0 Å². The van der Waals surface area contributed by atoms with Gasteiger partial charge in [-0.2, -0.15) is 11.8 Å². The van der Waals surface area contributed by atoms with Crippen molar-refractivity contribution in [1.82, 2.24) is 10.2 Å². The van der Waals surface area contributed by atoms with Crippen LogP contribution in [0.1, 0.15) is 30.0 Å². The molecule has 0 radical (unpaired) electrons. The zero-order chi connectivity index (χ0) is 14.7. The number of hydrogen-bond acceptors (Lipinski definition) is 4. The van der Waals surface area contributed by atoms with Gasteiger partial charge in [0.05, 0.1) is 6.54 Å². The molecule has 0 aromatic heterocycles. The van der Waals surface area contributed by atoms with Gasteiger partial charge in [-0.3, -0.25) is 9.69 Å². The smallest absolute Gasteiger partial charge is 0.231 e. The number of hydrogen-bond donors (Lipinski definition) is 2. The molecule has 0 aliphatic carbocycles. The Hall–Kier alpha value is -1.04. The van der Waals surface area contributed by atoms with E-state index in [2.05, 4.69) is 34.5 Å². The number of carbonyl (C=O) groups excluding carboxylic acids is 1. The van der Waals surface area contributed by atoms with Gasteiger partial charge >= 0.3 is 0 Å². The lowest BCUT2D eigenvalue weighted by Crippen LogP contribution is -2.46. The molecular weight excluding hydrogens is 282 g/mol. The van der Waals surface area contributed by atoms with Crippen LogP contribution in [0.3, 0.4) is 0 Å². The number of primary amides is 1. The molecule has 1 saturated heterocycles. The van der Waals surface area contributed by atoms with Crippen molar-refractivity contribution in [2.45, 2.75) is 30.7 Å². The molecule has 1 unspecified atom stereocenters. The quantitative estimate of drug-likeness (QED) is 0.885. The molecule has 1 fully saturated rings. The molecular formula is C16H23N3OS. The molecule has 5 heteroatoms. The van der Waals surface area contributed by atoms with E-state index in [0.29, 0.717) is 18.6 Å². The predicted octanol–water partition coefficient (Wildman–Crippen LogP) is 1.51. The van der Waals surface area contributed by atoms with E-state index in [9.17, 15) is 4.79 Å². The van der Waals surface area contributed by atoms with Crippen molar-refractivity contribution in [3.63, 3.8) is 0 Å². The summed E-state index contributed by atoms with van der Waals surface area (Å²) in [5.74, 6) is 2.06. The second-order valence-corrected chi connectivity index (χ2v) is 6.98. The lowest BCUT2D eigenvalue weighted by atomic mass is 9.98. The molecule has 3 N–H and O–H groups in total. The highest BCUT2D eigenvalue weighted by Crippen LogP contribution is 2.32. The summed E-state index contributed by atoms with van der Waals surface area (Å²) in [4.78, 5) is 13.1. The summed E-state index contributed by atoms with van der Waals surface area (Å²) in [5, 5.41) is 3.82. The van der Waals surface area contributed by atoms with E-state index < -0.39 is 0 Å². The minimum atomic E-state index is -0.223. The highest BCUT2D eigenvalue weighted by Gasteiger charge is 2.25. The van der Waals surface area contributed by atoms with Crippen molar-refractivity contribution >= 4 is 17.7 Å². The molecule has 1 amide bonds. The zero-order valence-electron chi connectivity index (χ0n) is 12.3. The molecule has 0 spiro atoms. The van der Waals surface area contributed by atoms with E-state index in [-0.39, 0.29) is 5.91 Å². The van der Waals surface area contributed by atoms with E-state index in [1.54, 1.807) is 0 Å². The second kappa shape index (κ2) is 6.81. The van der Waals surface area contributed by atoms with Crippen LogP contribution in [0.25, 0.3) is 0 Å². The maximum absolute atomic E-state index is 11.0. The van der Waals surface area contributed by atoms with Crippen molar-refractivity contribution < 1.29 is 4.79 Å². The number of benzene rings is 1. The molecule has 4 nitrogen and oxygen atoms in total. The molecule has 1 atom stereocenters. The number of thioether (sulfide) groups is 1. The van der Waals surface area contributed by atoms with Gasteiger partial charge in [-0.15, -0.1) is 0 Å². The van der Waals surface area contributed by atoms with Crippen molar-refractivity contribution in [2.24, 2.45) is 5.73 Å². The van der Waals surface area contributed by atoms with Crippen LogP contribution in [0.4, 0.5) is 0 Å². The molecule has 0 saturated carbocycles. The van der Waals surface area contributed by atoms with Gasteiger partial charge in [0.15, 0.2) is 0 Å². The zero-order valence-corrected chi connectivity index (χ0v) is 13.1. The normalized spacial score (nSPS) is 23.7. The van der Waals surface area contributed by atoms with Crippen LogP contribution in [-0.4, -0.2) is 42.2 Å². The molecule has 0 bridgehead atoms. The third-order valence-electron chi connectivity index (χ3n) is 4.38. The van der Waals surface area contributed by atoms with Crippen LogP contribution >= 0.6 is 11.8 Å². The third-order valence-corrected chi connectivity index (χ3v) is 5.46. The fourth-order valence-electron chi connectivity index (χ4n) is 3.28. The molecule has 114 valence electrons. The van der Waals surface area contributed by atoms with E-state index in [1.165, 1.54) is 11.1 Å². The van der Waals surface area contributed by atoms with Gasteiger partial charge in [0.2, 0.25) is 5.91 Å². The Balaban J connectivity index is 1.56. The van der Waals surface area contributed by atoms with Gasteiger partial charge in [0.1, 0.15) is 0 Å². The summed E-state index contributed by atoms with van der Waals surface area (Å²) in [5.41, 5.74) is 8.20. The molecule has 1 aromatic rings. The van der Waals surface area contributed by atoms with Crippen LogP contribution in [0.5, 0.6) is 0 Å². The number of nitrogens with one attached hydrogen (secondary N) is 1. The van der Waals surface area contributed by atoms with Crippen LogP contribution in [-0.2, 0) is 10.5 Å². The topological polar surface area (TPSA) is 58.4 Å². The first-order valence-corrected chi connectivity index (χ1v) is 8.80. The van der Waals surface area contributed by atoms with Gasteiger partial charge in [-0.05, 0) is 24.0 Å². The maximum atomic E-state index is 11.0. The van der Waals surface area contributed by atoms with Crippen molar-refractivity contribution in [1.29, 1.82) is 0 Å². The van der Waals surface area contributed by atoms with Crippen molar-refractivity contribution in [2.75, 3.05) is 25.4 Å². The average molecular weight is 305 g/mol. The molecule has 2 aliphatic rings. The number of likely N-dealkylation sites (tertiary alicyclic amines) is 1. The van der Waals surface area contributed by atoms with E-state index in [4.69, 9.17) is 5.73 Å². The summed E-state index contributed by atoms with van der Waals surface area (Å²) in [6, 6.07) is 9.78. The number of rotatable bonds is 4. The predicted molar refractivity (Wildman–Crippen MR) is 87.1 cm³/mol. The first kappa shape index (κ1) is 14.9. The van der Waals surface area contributed by atoms with E-state index in [1.807, 2.05) is 11.8 Å². The fourth-order valence-corrected chi connectivity index (χ4v) is 4.39. The van der Waals surface area contributed by atoms with Crippen molar-refractivity contribution in [3.8, 4) is 0 Å². The van der Waals surface area contributed by atoms with Gasteiger partial charge in [-0.1, -0.05) is 24.3 Å². The number of fused-ring (bicyclic) bond motifs is 1. The van der Waals surface area contributed by atoms with Gasteiger partial charge in [-0.25, -0.2) is 0 Å². The van der Waals surface area contributed by atoms with Crippen LogP contribution < -0.4 is 11.1 Å². The highest BCUT2D eigenvalue weighted by molar-refractivity contribution is 7.98. The van der Waals surface area contributed by atoms with Gasteiger partial charge in [0, 0.05) is 36.7 Å². The minimum absolute atomic E-state index is 0.223. The molecule has 2 aliphatic heterocycles. The largest absolute Gasteiger partial charge is 0.369 e. The number of nitrogens with two attached hydrogens (primary N) is 1. The number of carbonyl (C=O) groups is 1. The Kier molecular flexibility index (Phi) is 4.83. The van der Waals surface area contributed by atoms with E-state index >= 15 is 0 Å². The van der Waals surface area contributed by atoms with Crippen LogP contribution in [0, 0.1) is 0 Å². The fraction of sp³-hybridized carbons (Fsp3) is 0.562. The Morgan fingerprint density at radius 3 is 2.86 bits per heavy atom. The molecule has 1 aromatic carbocycles. The SMILES string of the molecule is NC(=O)CN1CCC(NC2CSCc3ccccc32)CC1. The van der Waals surface area contributed by atoms with E-state index in [0.717, 1.165) is 37.4 Å². The standard InChI is InChI=1S/C16H23N3OS/c17-16(20)9-19-7-5-13(6-8-19)18-15-11-21-10-12-3-1-2-4-14(12)15/h1-4,13,15,18H,5-11H2,(H2,17,20). The highest BCUT2D eigenvalue weighted by atomic mass is 32.2. The van der Waals surface area contributed by atoms with Crippen LogP contribution in [0.2, 0.25) is 0 Å². The summed E-state index contributed by atoms with van der Waals surface area (Å²) in [6.45, 7) is 2.32. The Morgan fingerprint density at radius 2 is 2.10 bits per heavy atom. The van der Waals surface area contributed by atoms with Crippen LogP contribution in [0.15, 0.2) is 24.3 Å². The number of piperidine rings is 1. The number of nitrogens with zero attached hydrogens (tertiary/aromatic N) is 1. The second-order valence-electron chi connectivity index (χ2n) is 5.95. The third kappa shape index (κ3) is 3.78. The Labute approximate surface area is 130 Å². The van der Waals surface area contributed by atoms with Crippen molar-refractivity contribution in [3.05, 3.63) is 35.4 Å². The van der Waals surface area contributed by atoms with Gasteiger partial charge < -0.3 is 11.1 Å². The maximum Gasteiger partial charge on any atom is 0.231 e. The summed E-state index contributed by atoms with van der Waals surface area (Å²) >= 11 is 2.01. The summed E-state index contributed by atoms with van der Waals surface area (Å²) in [6.07, 6.45) is 2.19. The first-order chi connectivity index (χ1) is 10.2. The molecule has 3 rings (SSSR count). The Bertz CT molecular complexity index is 500. The lowest BCUT2D eigenvalue weighted by molar-refractivity contribution is -0.119. The summed E-state index contributed by atoms with van der Waals surface area (Å²) < 4.78 is 0.